The Morgan fingerprint density at radius 1 is 1.17 bits per heavy atom. The number of aryl methyl sites for hydroxylation is 1. The van der Waals surface area contributed by atoms with Crippen molar-refractivity contribution in [3.05, 3.63) is 57.6 Å². The lowest BCUT2D eigenvalue weighted by Crippen LogP contribution is -2.24. The van der Waals surface area contributed by atoms with Gasteiger partial charge in [0.2, 0.25) is 10.0 Å². The standard InChI is InChI=1S/C17H15Cl2NO3S/c1-12-10-17(15(19)11-14(12)18)24(21,22)20-9-5-7-13-6-3-4-8-16(13)23-2/h3-4,6,8,10-11,20H,9H2,1-2H3. The average Bonchev–Trinajstić information content (AvgIpc) is 2.55. The minimum Gasteiger partial charge on any atom is -0.495 e. The molecule has 0 atom stereocenters. The molecule has 0 saturated heterocycles. The molecular formula is C17H15Cl2NO3S. The van der Waals surface area contributed by atoms with Crippen molar-refractivity contribution < 1.29 is 13.2 Å². The van der Waals surface area contributed by atoms with Gasteiger partial charge in [-0.05, 0) is 36.8 Å². The lowest BCUT2D eigenvalue weighted by Gasteiger charge is -2.08. The van der Waals surface area contributed by atoms with Gasteiger partial charge in [0, 0.05) is 5.02 Å². The summed E-state index contributed by atoms with van der Waals surface area (Å²) in [6.07, 6.45) is 0. The maximum Gasteiger partial charge on any atom is 0.242 e. The highest BCUT2D eigenvalue weighted by molar-refractivity contribution is 7.89. The molecule has 0 bridgehead atoms. The Hall–Kier alpha value is -1.71. The van der Waals surface area contributed by atoms with E-state index in [9.17, 15) is 8.42 Å². The Bertz CT molecular complexity index is 915. The summed E-state index contributed by atoms with van der Waals surface area (Å²) in [5.41, 5.74) is 1.31. The summed E-state index contributed by atoms with van der Waals surface area (Å²) in [5, 5.41) is 0.478. The second-order valence-corrected chi connectivity index (χ2v) is 7.41. The molecule has 0 radical (unpaired) electrons. The van der Waals surface area contributed by atoms with Crippen molar-refractivity contribution >= 4 is 33.2 Å². The van der Waals surface area contributed by atoms with E-state index < -0.39 is 10.0 Å². The van der Waals surface area contributed by atoms with Gasteiger partial charge in [-0.15, -0.1) is 0 Å². The third kappa shape index (κ3) is 4.43. The number of halogens is 2. The minimum atomic E-state index is -3.77. The van der Waals surface area contributed by atoms with Crippen molar-refractivity contribution in [3.63, 3.8) is 0 Å². The van der Waals surface area contributed by atoms with E-state index >= 15 is 0 Å². The van der Waals surface area contributed by atoms with E-state index in [1.54, 1.807) is 26.2 Å². The number of rotatable bonds is 4. The van der Waals surface area contributed by atoms with Gasteiger partial charge in [0.25, 0.3) is 0 Å². The molecule has 0 amide bonds. The van der Waals surface area contributed by atoms with E-state index in [1.165, 1.54) is 12.1 Å². The summed E-state index contributed by atoms with van der Waals surface area (Å²) < 4.78 is 32.2. The summed E-state index contributed by atoms with van der Waals surface area (Å²) in [5.74, 6) is 6.25. The van der Waals surface area contributed by atoms with Crippen LogP contribution in [0.4, 0.5) is 0 Å². The van der Waals surface area contributed by atoms with Gasteiger partial charge in [-0.2, -0.15) is 4.72 Å². The Labute approximate surface area is 151 Å². The van der Waals surface area contributed by atoms with E-state index in [0.29, 0.717) is 21.9 Å². The molecule has 2 aromatic carbocycles. The van der Waals surface area contributed by atoms with Crippen LogP contribution in [-0.4, -0.2) is 22.1 Å². The van der Waals surface area contributed by atoms with Gasteiger partial charge in [0.1, 0.15) is 10.6 Å². The second kappa shape index (κ2) is 7.91. The summed E-state index contributed by atoms with van der Waals surface area (Å²) in [4.78, 5) is -0.0230. The van der Waals surface area contributed by atoms with Gasteiger partial charge in [-0.25, -0.2) is 8.42 Å². The molecule has 126 valence electrons. The first-order valence-corrected chi connectivity index (χ1v) is 9.16. The third-order valence-corrected chi connectivity index (χ3v) is 5.46. The minimum absolute atomic E-state index is 0.0230. The molecule has 0 saturated carbocycles. The molecule has 0 aliphatic rings. The largest absolute Gasteiger partial charge is 0.495 e. The van der Waals surface area contributed by atoms with Crippen molar-refractivity contribution in [1.29, 1.82) is 0 Å². The van der Waals surface area contributed by atoms with E-state index in [2.05, 4.69) is 16.6 Å². The third-order valence-electron chi connectivity index (χ3n) is 3.18. The quantitative estimate of drug-likeness (QED) is 0.819. The molecule has 4 nitrogen and oxygen atoms in total. The lowest BCUT2D eigenvalue weighted by atomic mass is 10.2. The first kappa shape index (κ1) is 18.6. The second-order valence-electron chi connectivity index (χ2n) is 4.86. The number of methoxy groups -OCH3 is 1. The van der Waals surface area contributed by atoms with E-state index in [-0.39, 0.29) is 16.5 Å². The van der Waals surface area contributed by atoms with Gasteiger partial charge in [-0.3, -0.25) is 0 Å². The van der Waals surface area contributed by atoms with Crippen LogP contribution in [0.1, 0.15) is 11.1 Å². The molecule has 0 spiro atoms. The maximum atomic E-state index is 12.3. The van der Waals surface area contributed by atoms with Gasteiger partial charge < -0.3 is 4.74 Å². The average molecular weight is 384 g/mol. The Morgan fingerprint density at radius 3 is 2.58 bits per heavy atom. The lowest BCUT2D eigenvalue weighted by molar-refractivity contribution is 0.413. The fourth-order valence-electron chi connectivity index (χ4n) is 1.93. The number of sulfonamides is 1. The zero-order chi connectivity index (χ0) is 17.7. The molecule has 24 heavy (non-hydrogen) atoms. The highest BCUT2D eigenvalue weighted by Crippen LogP contribution is 2.27. The van der Waals surface area contributed by atoms with Crippen LogP contribution in [0.5, 0.6) is 5.75 Å². The number of nitrogens with one attached hydrogen (secondary N) is 1. The summed E-state index contributed by atoms with van der Waals surface area (Å²) in [6, 6.07) is 10.1. The smallest absolute Gasteiger partial charge is 0.242 e. The molecule has 0 aliphatic carbocycles. The topological polar surface area (TPSA) is 55.4 Å². The molecule has 7 heteroatoms. The summed E-state index contributed by atoms with van der Waals surface area (Å²) in [6.45, 7) is 1.65. The van der Waals surface area contributed by atoms with Gasteiger partial charge >= 0.3 is 0 Å². The SMILES string of the molecule is COc1ccccc1C#CCNS(=O)(=O)c1cc(C)c(Cl)cc1Cl. The van der Waals surface area contributed by atoms with Crippen molar-refractivity contribution in [2.45, 2.75) is 11.8 Å². The monoisotopic (exact) mass is 383 g/mol. The van der Waals surface area contributed by atoms with Crippen LogP contribution in [0.3, 0.4) is 0 Å². The van der Waals surface area contributed by atoms with Crippen molar-refractivity contribution in [2.24, 2.45) is 0 Å². The first-order chi connectivity index (χ1) is 11.3. The number of benzene rings is 2. The molecule has 2 aromatic rings. The molecule has 0 aromatic heterocycles. The van der Waals surface area contributed by atoms with Crippen molar-refractivity contribution in [2.75, 3.05) is 13.7 Å². The molecule has 0 heterocycles. The molecule has 0 aliphatic heterocycles. The Morgan fingerprint density at radius 2 is 1.88 bits per heavy atom. The van der Waals surface area contributed by atoms with E-state index in [1.807, 2.05) is 12.1 Å². The van der Waals surface area contributed by atoms with Crippen LogP contribution in [0.15, 0.2) is 41.3 Å². The van der Waals surface area contributed by atoms with Crippen LogP contribution in [-0.2, 0) is 10.0 Å². The highest BCUT2D eigenvalue weighted by Gasteiger charge is 2.18. The van der Waals surface area contributed by atoms with Crippen LogP contribution in [0.2, 0.25) is 10.0 Å². The van der Waals surface area contributed by atoms with Gasteiger partial charge in [0.15, 0.2) is 0 Å². The fraction of sp³-hybridized carbons (Fsp3) is 0.176. The van der Waals surface area contributed by atoms with Crippen LogP contribution < -0.4 is 9.46 Å². The van der Waals surface area contributed by atoms with Gasteiger partial charge in [-0.1, -0.05) is 47.2 Å². The van der Waals surface area contributed by atoms with E-state index in [4.69, 9.17) is 27.9 Å². The molecule has 1 N–H and O–H groups in total. The molecule has 0 unspecified atom stereocenters. The van der Waals surface area contributed by atoms with Gasteiger partial charge in [0.05, 0.1) is 24.2 Å². The molecular weight excluding hydrogens is 369 g/mol. The van der Waals surface area contributed by atoms with E-state index in [0.717, 1.165) is 0 Å². The van der Waals surface area contributed by atoms with Crippen LogP contribution >= 0.6 is 23.2 Å². The Kier molecular flexibility index (Phi) is 6.14. The zero-order valence-corrected chi connectivity index (χ0v) is 15.4. The van der Waals surface area contributed by atoms with Crippen molar-refractivity contribution in [3.8, 4) is 17.6 Å². The first-order valence-electron chi connectivity index (χ1n) is 6.92. The maximum absolute atomic E-state index is 12.3. The van der Waals surface area contributed by atoms with Crippen LogP contribution in [0.25, 0.3) is 0 Å². The fourth-order valence-corrected chi connectivity index (χ4v) is 3.69. The number of ether oxygens (including phenoxy) is 1. The molecule has 2 rings (SSSR count). The zero-order valence-electron chi connectivity index (χ0n) is 13.1. The highest BCUT2D eigenvalue weighted by atomic mass is 35.5. The Balaban J connectivity index is 2.15. The predicted octanol–water partition coefficient (Wildman–Crippen LogP) is 3.64. The normalized spacial score (nSPS) is 10.8. The summed E-state index contributed by atoms with van der Waals surface area (Å²) in [7, 11) is -2.22. The molecule has 0 fully saturated rings. The number of hydrogen-bond acceptors (Lipinski definition) is 3. The van der Waals surface area contributed by atoms with Crippen LogP contribution in [0, 0.1) is 18.8 Å². The summed E-state index contributed by atoms with van der Waals surface area (Å²) >= 11 is 11.9. The number of para-hydroxylation sites is 1. The van der Waals surface area contributed by atoms with Crippen molar-refractivity contribution in [1.82, 2.24) is 4.72 Å². The number of hydrogen-bond donors (Lipinski definition) is 1. The predicted molar refractivity (Wildman–Crippen MR) is 96.3 cm³/mol.